The van der Waals surface area contributed by atoms with Gasteiger partial charge in [0, 0.05) is 12.4 Å². The van der Waals surface area contributed by atoms with Crippen LogP contribution in [0.15, 0.2) is 18.5 Å². The Kier molecular flexibility index (Phi) is 3.11. The summed E-state index contributed by atoms with van der Waals surface area (Å²) in [5.74, 6) is -0.410. The largest absolute Gasteiger partial charge is 0.456 e. The molecule has 76 valence electrons. The summed E-state index contributed by atoms with van der Waals surface area (Å²) in [5, 5.41) is 0.424. The van der Waals surface area contributed by atoms with Crippen LogP contribution in [0.1, 0.15) is 31.1 Å². The Morgan fingerprint density at radius 1 is 1.43 bits per heavy atom. The first-order valence-corrected chi connectivity index (χ1v) is 4.60. The lowest BCUT2D eigenvalue weighted by Crippen LogP contribution is -2.23. The van der Waals surface area contributed by atoms with Crippen molar-refractivity contribution >= 4 is 17.6 Å². The summed E-state index contributed by atoms with van der Waals surface area (Å²) >= 11 is 5.69. The third kappa shape index (κ3) is 3.34. The molecule has 0 amide bonds. The lowest BCUT2D eigenvalue weighted by atomic mass is 10.2. The highest BCUT2D eigenvalue weighted by Gasteiger charge is 2.17. The summed E-state index contributed by atoms with van der Waals surface area (Å²) in [7, 11) is 0. The number of aromatic nitrogens is 1. The molecule has 0 saturated carbocycles. The number of hydrogen-bond acceptors (Lipinski definition) is 3. The predicted molar refractivity (Wildman–Crippen MR) is 54.4 cm³/mol. The topological polar surface area (TPSA) is 39.2 Å². The normalized spacial score (nSPS) is 11.1. The molecule has 4 heteroatoms. The zero-order valence-electron chi connectivity index (χ0n) is 8.37. The number of carbonyl (C=O) groups is 1. The first kappa shape index (κ1) is 11.0. The zero-order valence-corrected chi connectivity index (χ0v) is 9.13. The Balaban J connectivity index is 2.80. The highest BCUT2D eigenvalue weighted by molar-refractivity contribution is 6.30. The summed E-state index contributed by atoms with van der Waals surface area (Å²) in [6, 6.07) is 1.53. The summed E-state index contributed by atoms with van der Waals surface area (Å²) in [6.07, 6.45) is 2.90. The Morgan fingerprint density at radius 3 is 2.57 bits per heavy atom. The van der Waals surface area contributed by atoms with E-state index in [-0.39, 0.29) is 0 Å². The van der Waals surface area contributed by atoms with Gasteiger partial charge in [0.1, 0.15) is 5.60 Å². The minimum atomic E-state index is -0.501. The van der Waals surface area contributed by atoms with Crippen LogP contribution in [0.2, 0.25) is 5.02 Å². The van der Waals surface area contributed by atoms with E-state index in [4.69, 9.17) is 16.3 Å². The zero-order chi connectivity index (χ0) is 10.8. The van der Waals surface area contributed by atoms with Crippen LogP contribution < -0.4 is 0 Å². The van der Waals surface area contributed by atoms with E-state index < -0.39 is 11.6 Å². The molecule has 0 saturated heterocycles. The van der Waals surface area contributed by atoms with E-state index in [2.05, 4.69) is 4.98 Å². The maximum atomic E-state index is 11.5. The van der Waals surface area contributed by atoms with E-state index in [1.807, 2.05) is 20.8 Å². The number of hydrogen-bond donors (Lipinski definition) is 0. The van der Waals surface area contributed by atoms with Crippen LogP contribution in [0.25, 0.3) is 0 Å². The third-order valence-electron chi connectivity index (χ3n) is 1.34. The monoisotopic (exact) mass is 213 g/mol. The summed E-state index contributed by atoms with van der Waals surface area (Å²) in [4.78, 5) is 15.3. The number of nitrogens with zero attached hydrogens (tertiary/aromatic N) is 1. The Morgan fingerprint density at radius 2 is 2.07 bits per heavy atom. The molecule has 0 spiro atoms. The average molecular weight is 214 g/mol. The fourth-order valence-electron chi connectivity index (χ4n) is 0.861. The van der Waals surface area contributed by atoms with Crippen molar-refractivity contribution in [2.75, 3.05) is 0 Å². The maximum Gasteiger partial charge on any atom is 0.340 e. The first-order valence-electron chi connectivity index (χ1n) is 4.22. The van der Waals surface area contributed by atoms with Gasteiger partial charge in [-0.3, -0.25) is 4.98 Å². The van der Waals surface area contributed by atoms with E-state index in [1.54, 1.807) is 0 Å². The van der Waals surface area contributed by atoms with Gasteiger partial charge in [0.15, 0.2) is 0 Å². The van der Waals surface area contributed by atoms with Crippen molar-refractivity contribution in [3.05, 3.63) is 29.0 Å². The minimum absolute atomic E-state index is 0.368. The SMILES string of the molecule is CC(C)(C)OC(=O)c1cncc(Cl)c1. The van der Waals surface area contributed by atoms with Crippen molar-refractivity contribution in [2.45, 2.75) is 26.4 Å². The molecule has 3 nitrogen and oxygen atoms in total. The van der Waals surface area contributed by atoms with E-state index in [1.165, 1.54) is 18.5 Å². The van der Waals surface area contributed by atoms with Crippen molar-refractivity contribution in [1.82, 2.24) is 4.98 Å². The highest BCUT2D eigenvalue weighted by Crippen LogP contribution is 2.14. The molecule has 0 atom stereocenters. The molecule has 1 aromatic heterocycles. The van der Waals surface area contributed by atoms with Crippen LogP contribution in [-0.4, -0.2) is 16.6 Å². The second kappa shape index (κ2) is 3.96. The number of rotatable bonds is 1. The van der Waals surface area contributed by atoms with Gasteiger partial charge in [-0.25, -0.2) is 4.79 Å². The van der Waals surface area contributed by atoms with Crippen molar-refractivity contribution in [1.29, 1.82) is 0 Å². The number of esters is 1. The summed E-state index contributed by atoms with van der Waals surface area (Å²) in [6.45, 7) is 5.43. The maximum absolute atomic E-state index is 11.5. The minimum Gasteiger partial charge on any atom is -0.456 e. The molecular formula is C10H12ClNO2. The number of pyridine rings is 1. The van der Waals surface area contributed by atoms with Gasteiger partial charge >= 0.3 is 5.97 Å². The van der Waals surface area contributed by atoms with Crippen molar-refractivity contribution in [2.24, 2.45) is 0 Å². The van der Waals surface area contributed by atoms with Gasteiger partial charge < -0.3 is 4.74 Å². The van der Waals surface area contributed by atoms with Crippen LogP contribution in [0, 0.1) is 0 Å². The Bertz CT molecular complexity index is 344. The van der Waals surface area contributed by atoms with Gasteiger partial charge in [-0.1, -0.05) is 11.6 Å². The fourth-order valence-corrected chi connectivity index (χ4v) is 1.03. The van der Waals surface area contributed by atoms with Crippen LogP contribution in [0.3, 0.4) is 0 Å². The molecule has 0 unspecified atom stereocenters. The molecule has 0 radical (unpaired) electrons. The van der Waals surface area contributed by atoms with E-state index in [9.17, 15) is 4.79 Å². The molecule has 1 heterocycles. The summed E-state index contributed by atoms with van der Waals surface area (Å²) < 4.78 is 5.14. The molecule has 0 aromatic carbocycles. The first-order chi connectivity index (χ1) is 6.38. The van der Waals surface area contributed by atoms with Gasteiger partial charge in [-0.2, -0.15) is 0 Å². The molecule has 0 aliphatic carbocycles. The smallest absolute Gasteiger partial charge is 0.340 e. The number of halogens is 1. The molecular weight excluding hydrogens is 202 g/mol. The molecule has 14 heavy (non-hydrogen) atoms. The molecule has 0 N–H and O–H groups in total. The number of carbonyl (C=O) groups excluding carboxylic acids is 1. The van der Waals surface area contributed by atoms with E-state index in [0.29, 0.717) is 10.6 Å². The van der Waals surface area contributed by atoms with Gasteiger partial charge in [-0.05, 0) is 26.8 Å². The highest BCUT2D eigenvalue weighted by atomic mass is 35.5. The van der Waals surface area contributed by atoms with Crippen LogP contribution in [-0.2, 0) is 4.74 Å². The van der Waals surface area contributed by atoms with Crippen LogP contribution >= 0.6 is 11.6 Å². The molecule has 0 aliphatic rings. The molecule has 0 fully saturated rings. The molecule has 1 aromatic rings. The van der Waals surface area contributed by atoms with Crippen molar-refractivity contribution < 1.29 is 9.53 Å². The standard InChI is InChI=1S/C10H12ClNO2/c1-10(2,3)14-9(13)7-4-8(11)6-12-5-7/h4-6H,1-3H3. The van der Waals surface area contributed by atoms with Crippen molar-refractivity contribution in [3.8, 4) is 0 Å². The molecule has 1 rings (SSSR count). The molecule has 0 aliphatic heterocycles. The predicted octanol–water partition coefficient (Wildman–Crippen LogP) is 2.69. The summed E-state index contributed by atoms with van der Waals surface area (Å²) in [5.41, 5.74) is -0.133. The van der Waals surface area contributed by atoms with Gasteiger partial charge in [0.05, 0.1) is 10.6 Å². The van der Waals surface area contributed by atoms with Gasteiger partial charge in [-0.15, -0.1) is 0 Å². The van der Waals surface area contributed by atoms with E-state index >= 15 is 0 Å². The Labute approximate surface area is 88.1 Å². The quantitative estimate of drug-likeness (QED) is 0.674. The second-order valence-electron chi connectivity index (χ2n) is 3.89. The Hall–Kier alpha value is -1.09. The molecule has 0 bridgehead atoms. The van der Waals surface area contributed by atoms with Crippen LogP contribution in [0.5, 0.6) is 0 Å². The lowest BCUT2D eigenvalue weighted by molar-refractivity contribution is 0.00691. The number of ether oxygens (including phenoxy) is 1. The average Bonchev–Trinajstić information content (AvgIpc) is 2.01. The van der Waals surface area contributed by atoms with Gasteiger partial charge in [0.25, 0.3) is 0 Å². The third-order valence-corrected chi connectivity index (χ3v) is 1.55. The van der Waals surface area contributed by atoms with Gasteiger partial charge in [0.2, 0.25) is 0 Å². The second-order valence-corrected chi connectivity index (χ2v) is 4.33. The fraction of sp³-hybridized carbons (Fsp3) is 0.400. The van der Waals surface area contributed by atoms with E-state index in [0.717, 1.165) is 0 Å². The van der Waals surface area contributed by atoms with Crippen molar-refractivity contribution in [3.63, 3.8) is 0 Å². The lowest BCUT2D eigenvalue weighted by Gasteiger charge is -2.19. The van der Waals surface area contributed by atoms with Crippen LogP contribution in [0.4, 0.5) is 0 Å².